The number of benzene rings is 2. The van der Waals surface area contributed by atoms with Gasteiger partial charge in [-0.05, 0) is 17.7 Å². The Kier molecular flexibility index (Phi) is 8.42. The van der Waals surface area contributed by atoms with E-state index in [0.29, 0.717) is 19.6 Å². The van der Waals surface area contributed by atoms with Gasteiger partial charge >= 0.3 is 0 Å². The second-order valence-electron chi connectivity index (χ2n) is 7.34. The van der Waals surface area contributed by atoms with Gasteiger partial charge in [0.1, 0.15) is 5.75 Å². The minimum absolute atomic E-state index is 0.222. The summed E-state index contributed by atoms with van der Waals surface area (Å²) in [6.45, 7) is 4.29. The summed E-state index contributed by atoms with van der Waals surface area (Å²) in [4.78, 5) is 0. The fourth-order valence-electron chi connectivity index (χ4n) is 3.57. The van der Waals surface area contributed by atoms with Gasteiger partial charge < -0.3 is 29.2 Å². The highest BCUT2D eigenvalue weighted by Gasteiger charge is 2.37. The Labute approximate surface area is 177 Å². The summed E-state index contributed by atoms with van der Waals surface area (Å²) in [5, 5.41) is 19.6. The van der Waals surface area contributed by atoms with Crippen LogP contribution in [0, 0.1) is 5.92 Å². The first-order valence-corrected chi connectivity index (χ1v) is 10.1. The predicted octanol–water partition coefficient (Wildman–Crippen LogP) is 3.24. The maximum atomic E-state index is 10.2. The van der Waals surface area contributed by atoms with Gasteiger partial charge in [0.05, 0.1) is 45.2 Å². The molecule has 5 atom stereocenters. The fourth-order valence-corrected chi connectivity index (χ4v) is 3.57. The van der Waals surface area contributed by atoms with Crippen molar-refractivity contribution in [3.05, 3.63) is 78.4 Å². The van der Waals surface area contributed by atoms with E-state index in [9.17, 15) is 10.2 Å². The molecule has 6 nitrogen and oxygen atoms in total. The number of hydrogen-bond donors (Lipinski definition) is 2. The monoisotopic (exact) mass is 414 g/mol. The van der Waals surface area contributed by atoms with Crippen molar-refractivity contribution in [1.82, 2.24) is 0 Å². The van der Waals surface area contributed by atoms with Crippen LogP contribution in [0.15, 0.2) is 67.3 Å². The quantitative estimate of drug-likeness (QED) is 0.581. The number of rotatable bonds is 10. The molecule has 1 unspecified atom stereocenters. The largest absolute Gasteiger partial charge is 0.497 e. The van der Waals surface area contributed by atoms with Crippen LogP contribution in [-0.2, 0) is 20.8 Å². The molecule has 2 N–H and O–H groups in total. The van der Waals surface area contributed by atoms with Crippen LogP contribution in [0.4, 0.5) is 0 Å². The topological polar surface area (TPSA) is 77.4 Å². The van der Waals surface area contributed by atoms with Crippen molar-refractivity contribution < 1.29 is 29.2 Å². The first-order chi connectivity index (χ1) is 14.6. The van der Waals surface area contributed by atoms with Crippen LogP contribution < -0.4 is 4.74 Å². The van der Waals surface area contributed by atoms with Crippen molar-refractivity contribution >= 4 is 0 Å². The van der Waals surface area contributed by atoms with Crippen LogP contribution in [0.5, 0.6) is 5.75 Å². The van der Waals surface area contributed by atoms with Gasteiger partial charge in [0.15, 0.2) is 6.29 Å². The Balaban J connectivity index is 1.66. The normalized spacial score (nSPS) is 23.5. The third kappa shape index (κ3) is 5.90. The molecule has 6 heteroatoms. The molecule has 1 fully saturated rings. The summed E-state index contributed by atoms with van der Waals surface area (Å²) >= 11 is 0. The Morgan fingerprint density at radius 3 is 2.50 bits per heavy atom. The van der Waals surface area contributed by atoms with Crippen LogP contribution in [-0.4, -0.2) is 48.8 Å². The summed E-state index contributed by atoms with van der Waals surface area (Å²) in [6.07, 6.45) is 0.0722. The molecule has 0 radical (unpaired) electrons. The van der Waals surface area contributed by atoms with E-state index in [2.05, 4.69) is 6.58 Å². The number of aliphatic hydroxyl groups is 2. The SMILES string of the molecule is C=C[C@H](C(O)CO)[C@H]1C[C@@H](COCc2ccc(OC)cc2)O[C@@H](c2ccccc2)O1. The van der Waals surface area contributed by atoms with Crippen LogP contribution in [0.1, 0.15) is 23.8 Å². The lowest BCUT2D eigenvalue weighted by Gasteiger charge is -2.39. The first-order valence-electron chi connectivity index (χ1n) is 10.1. The minimum atomic E-state index is -0.942. The molecule has 2 aromatic rings. The van der Waals surface area contributed by atoms with Crippen molar-refractivity contribution in [2.24, 2.45) is 5.92 Å². The smallest absolute Gasteiger partial charge is 0.184 e. The van der Waals surface area contributed by atoms with Crippen LogP contribution >= 0.6 is 0 Å². The summed E-state index contributed by atoms with van der Waals surface area (Å²) < 4.78 is 23.4. The predicted molar refractivity (Wildman–Crippen MR) is 113 cm³/mol. The van der Waals surface area contributed by atoms with Gasteiger partial charge in [0.25, 0.3) is 0 Å². The van der Waals surface area contributed by atoms with Crippen molar-refractivity contribution in [1.29, 1.82) is 0 Å². The first kappa shape index (κ1) is 22.5. The van der Waals surface area contributed by atoms with Gasteiger partial charge in [0, 0.05) is 17.9 Å². The lowest BCUT2D eigenvalue weighted by Crippen LogP contribution is -2.43. The van der Waals surface area contributed by atoms with Crippen LogP contribution in [0.25, 0.3) is 0 Å². The Morgan fingerprint density at radius 2 is 1.87 bits per heavy atom. The van der Waals surface area contributed by atoms with Gasteiger partial charge in [-0.25, -0.2) is 0 Å². The van der Waals surface area contributed by atoms with Crippen LogP contribution in [0.3, 0.4) is 0 Å². The molecular formula is C24H30O6. The van der Waals surface area contributed by atoms with E-state index in [-0.39, 0.29) is 18.8 Å². The van der Waals surface area contributed by atoms with Gasteiger partial charge in [-0.1, -0.05) is 48.5 Å². The van der Waals surface area contributed by atoms with E-state index in [0.717, 1.165) is 16.9 Å². The molecule has 3 rings (SSSR count). The average molecular weight is 414 g/mol. The van der Waals surface area contributed by atoms with Gasteiger partial charge in [-0.3, -0.25) is 0 Å². The van der Waals surface area contributed by atoms with Crippen LogP contribution in [0.2, 0.25) is 0 Å². The summed E-state index contributed by atoms with van der Waals surface area (Å²) in [6, 6.07) is 17.4. The highest BCUT2D eigenvalue weighted by Crippen LogP contribution is 2.34. The zero-order valence-electron chi connectivity index (χ0n) is 17.2. The minimum Gasteiger partial charge on any atom is -0.497 e. The van der Waals surface area contributed by atoms with E-state index < -0.39 is 18.3 Å². The molecule has 0 bridgehead atoms. The number of methoxy groups -OCH3 is 1. The number of ether oxygens (including phenoxy) is 4. The second kappa shape index (κ2) is 11.2. The van der Waals surface area contributed by atoms with Gasteiger partial charge in [-0.15, -0.1) is 6.58 Å². The molecule has 1 aliphatic heterocycles. The molecule has 162 valence electrons. The molecule has 30 heavy (non-hydrogen) atoms. The molecule has 0 aliphatic carbocycles. The van der Waals surface area contributed by atoms with E-state index in [4.69, 9.17) is 18.9 Å². The molecule has 0 aromatic heterocycles. The van der Waals surface area contributed by atoms with Crippen molar-refractivity contribution in [2.45, 2.75) is 37.6 Å². The van der Waals surface area contributed by atoms with Gasteiger partial charge in [0.2, 0.25) is 0 Å². The number of hydrogen-bond acceptors (Lipinski definition) is 6. The highest BCUT2D eigenvalue weighted by molar-refractivity contribution is 5.26. The zero-order chi connectivity index (χ0) is 21.3. The average Bonchev–Trinajstić information content (AvgIpc) is 2.80. The maximum absolute atomic E-state index is 10.2. The lowest BCUT2D eigenvalue weighted by molar-refractivity contribution is -0.268. The highest BCUT2D eigenvalue weighted by atomic mass is 16.7. The molecular weight excluding hydrogens is 384 g/mol. The molecule has 2 aromatic carbocycles. The molecule has 0 saturated carbocycles. The van der Waals surface area contributed by atoms with E-state index in [1.54, 1.807) is 13.2 Å². The zero-order valence-corrected chi connectivity index (χ0v) is 17.2. The molecule has 1 heterocycles. The maximum Gasteiger partial charge on any atom is 0.184 e. The van der Waals surface area contributed by atoms with Crippen molar-refractivity contribution in [2.75, 3.05) is 20.3 Å². The molecule has 1 saturated heterocycles. The Hall–Kier alpha value is -2.22. The third-order valence-electron chi connectivity index (χ3n) is 5.25. The standard InChI is InChI=1S/C24H30O6/c1-3-21(22(26)14-25)23-13-20(29-24(30-23)18-7-5-4-6-8-18)16-28-15-17-9-11-19(27-2)12-10-17/h3-12,20-26H,1,13-16H2,2H3/t20-,21+,22?,23+,24+/m0/s1. The van der Waals surface area contributed by atoms with E-state index in [1.165, 1.54) is 0 Å². The number of aliphatic hydroxyl groups excluding tert-OH is 2. The Bertz CT molecular complexity index is 763. The lowest BCUT2D eigenvalue weighted by atomic mass is 9.91. The molecule has 1 aliphatic rings. The van der Waals surface area contributed by atoms with E-state index in [1.807, 2.05) is 54.6 Å². The fraction of sp³-hybridized carbons (Fsp3) is 0.417. The van der Waals surface area contributed by atoms with Crippen molar-refractivity contribution in [3.63, 3.8) is 0 Å². The molecule has 0 spiro atoms. The van der Waals surface area contributed by atoms with Gasteiger partial charge in [-0.2, -0.15) is 0 Å². The summed E-state index contributed by atoms with van der Waals surface area (Å²) in [5.74, 6) is 0.396. The van der Waals surface area contributed by atoms with Crippen molar-refractivity contribution in [3.8, 4) is 5.75 Å². The summed E-state index contributed by atoms with van der Waals surface area (Å²) in [5.41, 5.74) is 1.93. The molecule has 0 amide bonds. The third-order valence-corrected chi connectivity index (χ3v) is 5.25. The second-order valence-corrected chi connectivity index (χ2v) is 7.34. The Morgan fingerprint density at radius 1 is 1.13 bits per heavy atom. The summed E-state index contributed by atoms with van der Waals surface area (Å²) in [7, 11) is 1.64. The van der Waals surface area contributed by atoms with E-state index >= 15 is 0 Å².